The molecule has 23 heavy (non-hydrogen) atoms. The van der Waals surface area contributed by atoms with Crippen molar-refractivity contribution in [3.05, 3.63) is 46.3 Å². The molecule has 0 atom stereocenters. The lowest BCUT2D eigenvalue weighted by Crippen LogP contribution is -2.09. The molecule has 0 saturated heterocycles. The summed E-state index contributed by atoms with van der Waals surface area (Å²) < 4.78 is 0. The number of nitrogens with zero attached hydrogens (tertiary/aromatic N) is 3. The number of aromatic nitrogens is 2. The van der Waals surface area contributed by atoms with Crippen LogP contribution in [0.25, 0.3) is 0 Å². The second-order valence-corrected chi connectivity index (χ2v) is 6.72. The van der Waals surface area contributed by atoms with Crippen molar-refractivity contribution in [3.8, 4) is 0 Å². The normalized spacial score (nSPS) is 10.8. The number of nitrogens with one attached hydrogen (secondary N) is 1. The standard InChI is InChI=1S/C16H20N4O2S/c1-11(2)8-9-17-15-14(20(21)22)16(19-10-18-15)23-13-6-4-12(3)5-7-13/h4-7,10-11H,8-9H2,1-3H3,(H,17,18,19). The molecule has 1 aromatic carbocycles. The third-order valence-corrected chi connectivity index (χ3v) is 4.22. The minimum atomic E-state index is -0.422. The van der Waals surface area contributed by atoms with Crippen LogP contribution in [0.3, 0.4) is 0 Å². The van der Waals surface area contributed by atoms with E-state index in [-0.39, 0.29) is 11.5 Å². The third kappa shape index (κ3) is 4.92. The number of anilines is 1. The van der Waals surface area contributed by atoms with Crippen molar-refractivity contribution < 1.29 is 4.92 Å². The van der Waals surface area contributed by atoms with Crippen LogP contribution in [-0.4, -0.2) is 21.4 Å². The van der Waals surface area contributed by atoms with Crippen molar-refractivity contribution >= 4 is 23.3 Å². The van der Waals surface area contributed by atoms with E-state index in [0.717, 1.165) is 16.9 Å². The first-order valence-electron chi connectivity index (χ1n) is 7.45. The highest BCUT2D eigenvalue weighted by molar-refractivity contribution is 7.99. The lowest BCUT2D eigenvalue weighted by molar-refractivity contribution is -0.387. The third-order valence-electron chi connectivity index (χ3n) is 3.22. The largest absolute Gasteiger partial charge is 0.364 e. The van der Waals surface area contributed by atoms with E-state index in [4.69, 9.17) is 0 Å². The molecular formula is C16H20N4O2S. The van der Waals surface area contributed by atoms with Gasteiger partial charge in [-0.25, -0.2) is 9.97 Å². The Labute approximate surface area is 139 Å². The average Bonchev–Trinajstić information content (AvgIpc) is 2.49. The molecule has 1 heterocycles. The molecular weight excluding hydrogens is 312 g/mol. The number of hydrogen-bond acceptors (Lipinski definition) is 6. The molecule has 2 aromatic rings. The van der Waals surface area contributed by atoms with Crippen molar-refractivity contribution in [2.24, 2.45) is 5.92 Å². The quantitative estimate of drug-likeness (QED) is 0.462. The highest BCUT2D eigenvalue weighted by Gasteiger charge is 2.23. The molecule has 0 aliphatic heterocycles. The topological polar surface area (TPSA) is 81.0 Å². The van der Waals surface area contributed by atoms with Crippen molar-refractivity contribution in [1.29, 1.82) is 0 Å². The van der Waals surface area contributed by atoms with Gasteiger partial charge >= 0.3 is 5.69 Å². The van der Waals surface area contributed by atoms with E-state index in [0.29, 0.717) is 17.5 Å². The highest BCUT2D eigenvalue weighted by Crippen LogP contribution is 2.36. The number of aryl methyl sites for hydroxylation is 1. The van der Waals surface area contributed by atoms with Gasteiger partial charge in [-0.3, -0.25) is 10.1 Å². The maximum atomic E-state index is 11.5. The Morgan fingerprint density at radius 1 is 1.26 bits per heavy atom. The van der Waals surface area contributed by atoms with Crippen LogP contribution in [0, 0.1) is 23.0 Å². The first-order valence-corrected chi connectivity index (χ1v) is 8.26. The van der Waals surface area contributed by atoms with Gasteiger partial charge in [-0.1, -0.05) is 43.3 Å². The lowest BCUT2D eigenvalue weighted by atomic mass is 10.1. The predicted octanol–water partition coefficient (Wildman–Crippen LogP) is 4.30. The summed E-state index contributed by atoms with van der Waals surface area (Å²) in [4.78, 5) is 20.1. The molecule has 0 aliphatic rings. The first kappa shape index (κ1) is 17.2. The molecule has 1 N–H and O–H groups in total. The van der Waals surface area contributed by atoms with E-state index >= 15 is 0 Å². The van der Waals surface area contributed by atoms with Crippen LogP contribution >= 0.6 is 11.8 Å². The second-order valence-electron chi connectivity index (χ2n) is 5.66. The van der Waals surface area contributed by atoms with E-state index in [9.17, 15) is 10.1 Å². The van der Waals surface area contributed by atoms with Crippen molar-refractivity contribution in [2.45, 2.75) is 37.1 Å². The molecule has 0 unspecified atom stereocenters. The number of rotatable bonds is 7. The molecule has 0 radical (unpaired) electrons. The average molecular weight is 332 g/mol. The maximum Gasteiger partial charge on any atom is 0.343 e. The highest BCUT2D eigenvalue weighted by atomic mass is 32.2. The Kier molecular flexibility index (Phi) is 5.92. The summed E-state index contributed by atoms with van der Waals surface area (Å²) in [6.07, 6.45) is 2.28. The Bertz CT molecular complexity index is 674. The van der Waals surface area contributed by atoms with Gasteiger partial charge in [-0.15, -0.1) is 0 Å². The van der Waals surface area contributed by atoms with Crippen LogP contribution in [0.15, 0.2) is 40.5 Å². The molecule has 0 bridgehead atoms. The van der Waals surface area contributed by atoms with Gasteiger partial charge in [0.15, 0.2) is 5.03 Å². The number of benzene rings is 1. The summed E-state index contributed by atoms with van der Waals surface area (Å²) in [5.41, 5.74) is 1.07. The summed E-state index contributed by atoms with van der Waals surface area (Å²) in [7, 11) is 0. The fourth-order valence-electron chi connectivity index (χ4n) is 1.93. The molecule has 0 saturated carbocycles. The molecule has 0 spiro atoms. The Morgan fingerprint density at radius 2 is 1.96 bits per heavy atom. The van der Waals surface area contributed by atoms with Crippen molar-refractivity contribution in [2.75, 3.05) is 11.9 Å². The SMILES string of the molecule is Cc1ccc(Sc2ncnc(NCCC(C)C)c2[N+](=O)[O-])cc1. The minimum absolute atomic E-state index is 0.0677. The molecule has 1 aromatic heterocycles. The molecule has 0 fully saturated rings. The number of hydrogen-bond donors (Lipinski definition) is 1. The summed E-state index contributed by atoms with van der Waals surface area (Å²) in [6.45, 7) is 6.85. The van der Waals surface area contributed by atoms with Crippen LogP contribution in [0.2, 0.25) is 0 Å². The fraction of sp³-hybridized carbons (Fsp3) is 0.375. The fourth-order valence-corrected chi connectivity index (χ4v) is 2.79. The van der Waals surface area contributed by atoms with Gasteiger partial charge in [-0.2, -0.15) is 0 Å². The van der Waals surface area contributed by atoms with Crippen LogP contribution in [-0.2, 0) is 0 Å². The van der Waals surface area contributed by atoms with Crippen LogP contribution in [0.5, 0.6) is 0 Å². The Balaban J connectivity index is 2.24. The van der Waals surface area contributed by atoms with Gasteiger partial charge in [0.25, 0.3) is 0 Å². The smallest absolute Gasteiger partial charge is 0.343 e. The molecule has 0 amide bonds. The summed E-state index contributed by atoms with van der Waals surface area (Å²) in [5, 5.41) is 14.9. The van der Waals surface area contributed by atoms with E-state index in [1.165, 1.54) is 18.1 Å². The van der Waals surface area contributed by atoms with Gasteiger partial charge in [0.2, 0.25) is 5.82 Å². The summed E-state index contributed by atoms with van der Waals surface area (Å²) in [6, 6.07) is 7.80. The summed E-state index contributed by atoms with van der Waals surface area (Å²) in [5.74, 6) is 0.796. The Morgan fingerprint density at radius 3 is 2.57 bits per heavy atom. The summed E-state index contributed by atoms with van der Waals surface area (Å²) >= 11 is 1.27. The Hall–Kier alpha value is -2.15. The molecule has 122 valence electrons. The van der Waals surface area contributed by atoms with Gasteiger partial charge in [-0.05, 0) is 31.4 Å². The van der Waals surface area contributed by atoms with E-state index in [2.05, 4.69) is 29.1 Å². The van der Waals surface area contributed by atoms with Crippen LogP contribution in [0.4, 0.5) is 11.5 Å². The first-order chi connectivity index (χ1) is 11.0. The monoisotopic (exact) mass is 332 g/mol. The van der Waals surface area contributed by atoms with Crippen LogP contribution in [0.1, 0.15) is 25.8 Å². The van der Waals surface area contributed by atoms with Crippen LogP contribution < -0.4 is 5.32 Å². The molecule has 6 nitrogen and oxygen atoms in total. The lowest BCUT2D eigenvalue weighted by Gasteiger charge is -2.09. The van der Waals surface area contributed by atoms with Gasteiger partial charge in [0, 0.05) is 11.4 Å². The minimum Gasteiger partial charge on any atom is -0.364 e. The zero-order valence-corrected chi connectivity index (χ0v) is 14.3. The van der Waals surface area contributed by atoms with E-state index in [1.807, 2.05) is 31.2 Å². The van der Waals surface area contributed by atoms with Crippen molar-refractivity contribution in [3.63, 3.8) is 0 Å². The molecule has 7 heteroatoms. The van der Waals surface area contributed by atoms with Gasteiger partial charge in [0.05, 0.1) is 4.92 Å². The predicted molar refractivity (Wildman–Crippen MR) is 91.9 cm³/mol. The zero-order chi connectivity index (χ0) is 16.8. The van der Waals surface area contributed by atoms with Crippen molar-refractivity contribution in [1.82, 2.24) is 9.97 Å². The molecule has 2 rings (SSSR count). The molecule has 0 aliphatic carbocycles. The van der Waals surface area contributed by atoms with E-state index in [1.54, 1.807) is 0 Å². The van der Waals surface area contributed by atoms with Gasteiger partial charge in [0.1, 0.15) is 6.33 Å². The van der Waals surface area contributed by atoms with E-state index < -0.39 is 4.92 Å². The number of nitro groups is 1. The van der Waals surface area contributed by atoms with Gasteiger partial charge < -0.3 is 5.32 Å². The zero-order valence-electron chi connectivity index (χ0n) is 13.4. The maximum absolute atomic E-state index is 11.5. The second kappa shape index (κ2) is 7.92.